The first-order chi connectivity index (χ1) is 7.99. The van der Waals surface area contributed by atoms with Gasteiger partial charge in [-0.05, 0) is 24.3 Å². The maximum Gasteiger partial charge on any atom is 0.387 e. The lowest BCUT2D eigenvalue weighted by atomic mass is 10.2. The van der Waals surface area contributed by atoms with Gasteiger partial charge in [0.1, 0.15) is 5.75 Å². The Balaban J connectivity index is 2.60. The van der Waals surface area contributed by atoms with E-state index in [4.69, 9.17) is 5.73 Å². The van der Waals surface area contributed by atoms with E-state index in [1.165, 1.54) is 24.3 Å². The largest absolute Gasteiger partial charge is 0.435 e. The quantitative estimate of drug-likeness (QED) is 0.681. The Morgan fingerprint density at radius 1 is 1.18 bits per heavy atom. The Morgan fingerprint density at radius 2 is 1.76 bits per heavy atom. The number of benzene rings is 1. The molecule has 0 atom stereocenters. The number of alkyl halides is 2. The number of hydrazine groups is 1. The van der Waals surface area contributed by atoms with Crippen LogP contribution in [-0.4, -0.2) is 18.5 Å². The average molecular weight is 245 g/mol. The van der Waals surface area contributed by atoms with E-state index < -0.39 is 18.5 Å². The fourth-order valence-corrected chi connectivity index (χ4v) is 0.978. The number of hydrogen-bond donors (Lipinski definition) is 3. The monoisotopic (exact) mass is 245 g/mol. The molecule has 0 saturated heterocycles. The average Bonchev–Trinajstić information content (AvgIpc) is 2.26. The molecule has 0 saturated carbocycles. The van der Waals surface area contributed by atoms with E-state index in [0.29, 0.717) is 0 Å². The van der Waals surface area contributed by atoms with E-state index >= 15 is 0 Å². The van der Waals surface area contributed by atoms with Crippen molar-refractivity contribution in [2.24, 2.45) is 5.73 Å². The van der Waals surface area contributed by atoms with Crippen LogP contribution in [0.15, 0.2) is 24.3 Å². The Hall–Kier alpha value is -2.38. The highest BCUT2D eigenvalue weighted by Gasteiger charge is 2.07. The number of urea groups is 1. The summed E-state index contributed by atoms with van der Waals surface area (Å²) >= 11 is 0. The zero-order valence-corrected chi connectivity index (χ0v) is 8.44. The molecule has 8 heteroatoms. The lowest BCUT2D eigenvalue weighted by Gasteiger charge is -2.06. The van der Waals surface area contributed by atoms with E-state index in [1.54, 1.807) is 0 Å². The van der Waals surface area contributed by atoms with E-state index in [-0.39, 0.29) is 11.3 Å². The van der Waals surface area contributed by atoms with Crippen LogP contribution in [0.5, 0.6) is 5.75 Å². The van der Waals surface area contributed by atoms with E-state index in [1.807, 2.05) is 10.9 Å². The molecule has 6 nitrogen and oxygen atoms in total. The zero-order valence-electron chi connectivity index (χ0n) is 8.44. The smallest absolute Gasteiger partial charge is 0.387 e. The van der Waals surface area contributed by atoms with Gasteiger partial charge in [0, 0.05) is 5.56 Å². The van der Waals surface area contributed by atoms with Crippen LogP contribution < -0.4 is 21.3 Å². The van der Waals surface area contributed by atoms with Gasteiger partial charge in [0.25, 0.3) is 5.91 Å². The summed E-state index contributed by atoms with van der Waals surface area (Å²) in [7, 11) is 0. The number of halogens is 2. The van der Waals surface area contributed by atoms with Gasteiger partial charge in [0.05, 0.1) is 0 Å². The maximum absolute atomic E-state index is 11.8. The standard InChI is InChI=1S/C9H9F2N3O3/c10-8(11)17-6-3-1-5(2-4-6)7(15)13-14-9(12)16/h1-4,8H,(H,13,15)(H3,12,14,16). The number of carbonyl (C=O) groups is 2. The minimum atomic E-state index is -2.92. The highest BCUT2D eigenvalue weighted by Crippen LogP contribution is 2.14. The zero-order chi connectivity index (χ0) is 12.8. The molecule has 92 valence electrons. The minimum Gasteiger partial charge on any atom is -0.435 e. The molecule has 1 aromatic carbocycles. The van der Waals surface area contributed by atoms with Crippen molar-refractivity contribution in [3.63, 3.8) is 0 Å². The molecule has 17 heavy (non-hydrogen) atoms. The van der Waals surface area contributed by atoms with Gasteiger partial charge >= 0.3 is 12.6 Å². The van der Waals surface area contributed by atoms with Crippen molar-refractivity contribution in [3.8, 4) is 5.75 Å². The fraction of sp³-hybridized carbons (Fsp3) is 0.111. The summed E-state index contributed by atoms with van der Waals surface area (Å²) in [4.78, 5) is 21.6. The van der Waals surface area contributed by atoms with Gasteiger partial charge in [0.2, 0.25) is 0 Å². The second-order valence-corrected chi connectivity index (χ2v) is 2.85. The molecule has 3 amide bonds. The lowest BCUT2D eigenvalue weighted by Crippen LogP contribution is -2.44. The number of amides is 3. The van der Waals surface area contributed by atoms with E-state index in [0.717, 1.165) is 0 Å². The summed E-state index contributed by atoms with van der Waals surface area (Å²) in [6.07, 6.45) is 0. The molecule has 1 aromatic rings. The van der Waals surface area contributed by atoms with Crippen molar-refractivity contribution < 1.29 is 23.1 Å². The van der Waals surface area contributed by atoms with Crippen molar-refractivity contribution in [1.29, 1.82) is 0 Å². The van der Waals surface area contributed by atoms with E-state index in [2.05, 4.69) is 4.74 Å². The molecular weight excluding hydrogens is 236 g/mol. The Kier molecular flexibility index (Phi) is 4.21. The van der Waals surface area contributed by atoms with Crippen LogP contribution in [0, 0.1) is 0 Å². The normalized spacial score (nSPS) is 9.82. The topological polar surface area (TPSA) is 93.5 Å². The second-order valence-electron chi connectivity index (χ2n) is 2.85. The van der Waals surface area contributed by atoms with Crippen LogP contribution in [0.1, 0.15) is 10.4 Å². The molecule has 0 radical (unpaired) electrons. The molecule has 4 N–H and O–H groups in total. The number of nitrogens with one attached hydrogen (secondary N) is 2. The molecule has 0 aliphatic rings. The van der Waals surface area contributed by atoms with Crippen LogP contribution in [-0.2, 0) is 0 Å². The second kappa shape index (κ2) is 5.64. The third-order valence-corrected chi connectivity index (χ3v) is 1.64. The SMILES string of the molecule is NC(=O)NNC(=O)c1ccc(OC(F)F)cc1. The molecule has 0 unspecified atom stereocenters. The highest BCUT2D eigenvalue weighted by molar-refractivity contribution is 5.95. The minimum absolute atomic E-state index is 0.0700. The number of hydrogen-bond acceptors (Lipinski definition) is 3. The summed E-state index contributed by atoms with van der Waals surface area (Å²) in [5, 5.41) is 0. The fourth-order valence-electron chi connectivity index (χ4n) is 0.978. The van der Waals surface area contributed by atoms with Crippen LogP contribution in [0.4, 0.5) is 13.6 Å². The van der Waals surface area contributed by atoms with Crippen molar-refractivity contribution in [2.75, 3.05) is 0 Å². The predicted molar refractivity (Wildman–Crippen MR) is 53.3 cm³/mol. The molecule has 0 aliphatic carbocycles. The van der Waals surface area contributed by atoms with Gasteiger partial charge in [-0.1, -0.05) is 0 Å². The number of carbonyl (C=O) groups excluding carboxylic acids is 2. The third kappa shape index (κ3) is 4.33. The van der Waals surface area contributed by atoms with Gasteiger partial charge in [-0.25, -0.2) is 10.2 Å². The number of primary amides is 1. The van der Waals surface area contributed by atoms with Crippen molar-refractivity contribution in [3.05, 3.63) is 29.8 Å². The first kappa shape index (κ1) is 12.7. The molecular formula is C9H9F2N3O3. The van der Waals surface area contributed by atoms with E-state index in [9.17, 15) is 18.4 Å². The molecule has 1 rings (SSSR count). The third-order valence-electron chi connectivity index (χ3n) is 1.64. The molecule has 0 fully saturated rings. The number of rotatable bonds is 3. The highest BCUT2D eigenvalue weighted by atomic mass is 19.3. The molecule has 0 aliphatic heterocycles. The number of ether oxygens (including phenoxy) is 1. The lowest BCUT2D eigenvalue weighted by molar-refractivity contribution is -0.0498. The summed E-state index contributed by atoms with van der Waals surface area (Å²) in [5.41, 5.74) is 8.77. The summed E-state index contributed by atoms with van der Waals surface area (Å²) < 4.78 is 27.7. The van der Waals surface area contributed by atoms with Crippen LogP contribution >= 0.6 is 0 Å². The molecule has 0 bridgehead atoms. The van der Waals surface area contributed by atoms with Crippen LogP contribution in [0.2, 0.25) is 0 Å². The molecule has 0 spiro atoms. The first-order valence-corrected chi connectivity index (χ1v) is 4.39. The summed E-state index contributed by atoms with van der Waals surface area (Å²) in [6, 6.07) is 4.00. The first-order valence-electron chi connectivity index (χ1n) is 4.39. The Labute approximate surface area is 94.7 Å². The number of nitrogens with two attached hydrogens (primary N) is 1. The van der Waals surface area contributed by atoms with Gasteiger partial charge in [-0.15, -0.1) is 0 Å². The van der Waals surface area contributed by atoms with Gasteiger partial charge in [0.15, 0.2) is 0 Å². The summed E-state index contributed by atoms with van der Waals surface area (Å²) in [6.45, 7) is -2.92. The molecule has 0 aromatic heterocycles. The predicted octanol–water partition coefficient (Wildman–Crippen LogP) is 0.601. The van der Waals surface area contributed by atoms with Crippen LogP contribution in [0.3, 0.4) is 0 Å². The summed E-state index contributed by atoms with van der Waals surface area (Å²) in [5.74, 6) is -0.702. The van der Waals surface area contributed by atoms with Gasteiger partial charge in [-0.3, -0.25) is 10.2 Å². The van der Waals surface area contributed by atoms with Crippen molar-refractivity contribution >= 4 is 11.9 Å². The Bertz CT molecular complexity index is 408. The Morgan fingerprint density at radius 3 is 2.24 bits per heavy atom. The van der Waals surface area contributed by atoms with Crippen LogP contribution in [0.25, 0.3) is 0 Å². The van der Waals surface area contributed by atoms with Crippen molar-refractivity contribution in [2.45, 2.75) is 6.61 Å². The van der Waals surface area contributed by atoms with Gasteiger partial charge in [-0.2, -0.15) is 8.78 Å². The van der Waals surface area contributed by atoms with Crippen molar-refractivity contribution in [1.82, 2.24) is 10.9 Å². The maximum atomic E-state index is 11.8. The van der Waals surface area contributed by atoms with Gasteiger partial charge < -0.3 is 10.5 Å². The molecule has 0 heterocycles.